The van der Waals surface area contributed by atoms with Gasteiger partial charge in [0.15, 0.2) is 11.6 Å². The molecule has 0 bridgehead atoms. The van der Waals surface area contributed by atoms with E-state index >= 15 is 0 Å². The van der Waals surface area contributed by atoms with E-state index < -0.39 is 0 Å². The summed E-state index contributed by atoms with van der Waals surface area (Å²) in [6.45, 7) is 0. The summed E-state index contributed by atoms with van der Waals surface area (Å²) < 4.78 is 9.97. The summed E-state index contributed by atoms with van der Waals surface area (Å²) >= 11 is 0. The summed E-state index contributed by atoms with van der Waals surface area (Å²) in [5, 5.41) is 22.2. The Morgan fingerprint density at radius 2 is 1.69 bits per heavy atom. The fraction of sp³-hybridized carbons (Fsp3) is 0.0476. The van der Waals surface area contributed by atoms with Crippen molar-refractivity contribution in [3.63, 3.8) is 0 Å². The van der Waals surface area contributed by atoms with Gasteiger partial charge in [-0.15, -0.1) is 0 Å². The smallest absolute Gasteiger partial charge is 0.245 e. The molecular formula is C21H17N9O2. The molecule has 0 unspecified atom stereocenters. The molecule has 158 valence electrons. The predicted molar refractivity (Wildman–Crippen MR) is 118 cm³/mol. The molecule has 0 radical (unpaired) electrons. The Morgan fingerprint density at radius 3 is 2.38 bits per heavy atom. The average Bonchev–Trinajstić information content (AvgIpc) is 3.53. The topological polar surface area (TPSA) is 139 Å². The lowest BCUT2D eigenvalue weighted by Gasteiger charge is -2.11. The maximum absolute atomic E-state index is 5.21. The number of hydrazone groups is 1. The number of aromatic nitrogens is 6. The molecule has 0 aliphatic carbocycles. The van der Waals surface area contributed by atoms with Gasteiger partial charge in [0.2, 0.25) is 11.3 Å². The van der Waals surface area contributed by atoms with Crippen molar-refractivity contribution in [3.8, 4) is 5.75 Å². The molecule has 11 nitrogen and oxygen atoms in total. The second-order valence-electron chi connectivity index (χ2n) is 6.61. The number of ether oxygens (including phenoxy) is 1. The van der Waals surface area contributed by atoms with Gasteiger partial charge in [0.1, 0.15) is 11.5 Å². The number of benzene rings is 2. The standard InChI is InChI=1S/C21H17N9O2/c1-31-16-9-7-15(8-10-16)24-18-19(26-21-20(25-18)29-32-30-21)28-27-17(14-11-22-23-12-14)13-5-3-2-4-6-13/h2-12H,1H3,(H,22,23)(H,24,25,29)(H,26,28,30). The van der Waals surface area contributed by atoms with Crippen LogP contribution in [0.4, 0.5) is 17.3 Å². The van der Waals surface area contributed by atoms with E-state index in [-0.39, 0.29) is 11.3 Å². The number of rotatable bonds is 7. The minimum absolute atomic E-state index is 0.257. The van der Waals surface area contributed by atoms with Crippen molar-refractivity contribution in [2.45, 2.75) is 0 Å². The van der Waals surface area contributed by atoms with E-state index in [2.05, 4.69) is 46.3 Å². The van der Waals surface area contributed by atoms with Crippen LogP contribution < -0.4 is 15.5 Å². The quantitative estimate of drug-likeness (QED) is 0.263. The largest absolute Gasteiger partial charge is 0.497 e. The molecule has 0 atom stereocenters. The third-order valence-corrected chi connectivity index (χ3v) is 4.56. The van der Waals surface area contributed by atoms with E-state index in [0.717, 1.165) is 22.6 Å². The maximum atomic E-state index is 5.21. The third-order valence-electron chi connectivity index (χ3n) is 4.56. The van der Waals surface area contributed by atoms with Gasteiger partial charge in [-0.25, -0.2) is 9.61 Å². The van der Waals surface area contributed by atoms with Crippen LogP contribution in [0.3, 0.4) is 0 Å². The zero-order valence-corrected chi connectivity index (χ0v) is 16.9. The average molecular weight is 427 g/mol. The van der Waals surface area contributed by atoms with Gasteiger partial charge in [0.25, 0.3) is 0 Å². The van der Waals surface area contributed by atoms with Gasteiger partial charge < -0.3 is 10.1 Å². The molecule has 0 aliphatic rings. The highest BCUT2D eigenvalue weighted by molar-refractivity contribution is 6.12. The summed E-state index contributed by atoms with van der Waals surface area (Å²) in [4.78, 5) is 8.92. The summed E-state index contributed by atoms with van der Waals surface area (Å²) in [7, 11) is 1.61. The lowest BCUT2D eigenvalue weighted by Crippen LogP contribution is -2.08. The van der Waals surface area contributed by atoms with E-state index in [1.54, 1.807) is 19.5 Å². The zero-order valence-electron chi connectivity index (χ0n) is 16.9. The van der Waals surface area contributed by atoms with Gasteiger partial charge in [0.05, 0.1) is 13.3 Å². The molecule has 2 aromatic carbocycles. The molecular weight excluding hydrogens is 410 g/mol. The maximum Gasteiger partial charge on any atom is 0.245 e. The summed E-state index contributed by atoms with van der Waals surface area (Å²) in [5.41, 5.74) is 6.70. The SMILES string of the molecule is COc1ccc(Nc2nc3nonc3nc2NN=C(c2ccccc2)c2cn[nH]c2)cc1. The minimum Gasteiger partial charge on any atom is -0.497 e. The predicted octanol–water partition coefficient (Wildman–Crippen LogP) is 3.35. The molecule has 32 heavy (non-hydrogen) atoms. The monoisotopic (exact) mass is 427 g/mol. The van der Waals surface area contributed by atoms with Crippen LogP contribution in [0.25, 0.3) is 11.3 Å². The Balaban J connectivity index is 1.52. The third kappa shape index (κ3) is 3.94. The van der Waals surface area contributed by atoms with Gasteiger partial charge in [0, 0.05) is 23.0 Å². The molecule has 0 saturated carbocycles. The van der Waals surface area contributed by atoms with Crippen LogP contribution in [-0.2, 0) is 0 Å². The number of hydrogen-bond donors (Lipinski definition) is 3. The molecule has 0 fully saturated rings. The highest BCUT2D eigenvalue weighted by Gasteiger charge is 2.14. The second kappa shape index (κ2) is 8.52. The Labute approximate surface area is 181 Å². The first-order chi connectivity index (χ1) is 15.8. The van der Waals surface area contributed by atoms with Crippen LogP contribution in [0.5, 0.6) is 5.75 Å². The fourth-order valence-electron chi connectivity index (χ4n) is 3.00. The van der Waals surface area contributed by atoms with Crippen LogP contribution in [0, 0.1) is 0 Å². The van der Waals surface area contributed by atoms with Crippen molar-refractivity contribution in [2.75, 3.05) is 17.9 Å². The van der Waals surface area contributed by atoms with Crippen LogP contribution in [0.2, 0.25) is 0 Å². The van der Waals surface area contributed by atoms with Crippen LogP contribution in [0.15, 0.2) is 76.7 Å². The van der Waals surface area contributed by atoms with Crippen LogP contribution in [0.1, 0.15) is 11.1 Å². The highest BCUT2D eigenvalue weighted by Crippen LogP contribution is 2.25. The van der Waals surface area contributed by atoms with Gasteiger partial charge in [-0.2, -0.15) is 15.2 Å². The van der Waals surface area contributed by atoms with E-state index in [9.17, 15) is 0 Å². The number of H-pyrrole nitrogens is 1. The summed E-state index contributed by atoms with van der Waals surface area (Å²) in [6.07, 6.45) is 3.46. The van der Waals surface area contributed by atoms with Crippen molar-refractivity contribution >= 4 is 34.3 Å². The van der Waals surface area contributed by atoms with Gasteiger partial charge in [-0.1, -0.05) is 30.3 Å². The summed E-state index contributed by atoms with van der Waals surface area (Å²) in [5.74, 6) is 1.50. The first-order valence-electron chi connectivity index (χ1n) is 9.60. The van der Waals surface area contributed by atoms with E-state index in [1.807, 2.05) is 54.6 Å². The van der Waals surface area contributed by atoms with E-state index in [1.165, 1.54) is 0 Å². The Bertz CT molecular complexity index is 1350. The number of anilines is 3. The molecule has 3 aromatic heterocycles. The normalized spacial score (nSPS) is 11.5. The lowest BCUT2D eigenvalue weighted by atomic mass is 10.1. The van der Waals surface area contributed by atoms with E-state index in [0.29, 0.717) is 17.3 Å². The molecule has 3 heterocycles. The molecule has 0 amide bonds. The number of aromatic amines is 1. The summed E-state index contributed by atoms with van der Waals surface area (Å²) in [6, 6.07) is 17.1. The van der Waals surface area contributed by atoms with Crippen molar-refractivity contribution in [3.05, 3.63) is 78.1 Å². The number of methoxy groups -OCH3 is 1. The number of nitrogens with zero attached hydrogens (tertiary/aromatic N) is 6. The van der Waals surface area contributed by atoms with Gasteiger partial charge >= 0.3 is 0 Å². The number of nitrogens with one attached hydrogen (secondary N) is 3. The second-order valence-corrected chi connectivity index (χ2v) is 6.61. The van der Waals surface area contributed by atoms with Crippen molar-refractivity contribution in [1.82, 2.24) is 30.5 Å². The molecule has 11 heteroatoms. The Morgan fingerprint density at radius 1 is 0.938 bits per heavy atom. The van der Waals surface area contributed by atoms with Crippen molar-refractivity contribution < 1.29 is 9.37 Å². The first-order valence-corrected chi connectivity index (χ1v) is 9.60. The first kappa shape index (κ1) is 19.2. The number of hydrogen-bond acceptors (Lipinski definition) is 10. The fourth-order valence-corrected chi connectivity index (χ4v) is 3.00. The van der Waals surface area contributed by atoms with E-state index in [4.69, 9.17) is 9.37 Å². The number of fused-ring (bicyclic) bond motifs is 1. The van der Waals surface area contributed by atoms with Crippen molar-refractivity contribution in [2.24, 2.45) is 5.10 Å². The molecule has 3 N–H and O–H groups in total. The van der Waals surface area contributed by atoms with Crippen molar-refractivity contribution in [1.29, 1.82) is 0 Å². The zero-order chi connectivity index (χ0) is 21.8. The van der Waals surface area contributed by atoms with Crippen LogP contribution >= 0.6 is 0 Å². The molecule has 0 spiro atoms. The molecule has 5 aromatic rings. The Hall–Kier alpha value is -4.80. The minimum atomic E-state index is 0.257. The van der Waals surface area contributed by atoms with Gasteiger partial charge in [-0.3, -0.25) is 10.5 Å². The highest BCUT2D eigenvalue weighted by atomic mass is 16.6. The molecule has 5 rings (SSSR count). The lowest BCUT2D eigenvalue weighted by molar-refractivity contribution is 0.314. The van der Waals surface area contributed by atoms with Crippen LogP contribution in [-0.4, -0.2) is 43.3 Å². The molecule has 0 saturated heterocycles. The van der Waals surface area contributed by atoms with Gasteiger partial charge in [-0.05, 0) is 34.6 Å². The Kier molecular flexibility index (Phi) is 5.10. The molecule has 0 aliphatic heterocycles.